The van der Waals surface area contributed by atoms with Crippen molar-refractivity contribution in [1.82, 2.24) is 14.9 Å². The minimum atomic E-state index is -2.64. The van der Waals surface area contributed by atoms with E-state index in [4.69, 9.17) is 11.6 Å². The van der Waals surface area contributed by atoms with Crippen LogP contribution in [-0.2, 0) is 0 Å². The number of likely N-dealkylation sites (tertiary alicyclic amines) is 1. The number of hydrogen-bond acceptors (Lipinski definition) is 4. The molecule has 0 radical (unpaired) electrons. The third-order valence-corrected chi connectivity index (χ3v) is 4.41. The lowest BCUT2D eigenvalue weighted by molar-refractivity contribution is 0.146. The summed E-state index contributed by atoms with van der Waals surface area (Å²) in [4.78, 5) is 10.6. The van der Waals surface area contributed by atoms with E-state index in [2.05, 4.69) is 27.2 Å². The Labute approximate surface area is 144 Å². The molecule has 1 aromatic heterocycles. The van der Waals surface area contributed by atoms with Crippen LogP contribution in [0.5, 0.6) is 0 Å². The van der Waals surface area contributed by atoms with Gasteiger partial charge < -0.3 is 10.2 Å². The van der Waals surface area contributed by atoms with E-state index in [0.29, 0.717) is 10.7 Å². The first-order valence-electron chi connectivity index (χ1n) is 7.89. The van der Waals surface area contributed by atoms with Gasteiger partial charge >= 0.3 is 0 Å². The molecule has 24 heavy (non-hydrogen) atoms. The molecule has 1 saturated heterocycles. The van der Waals surface area contributed by atoms with Gasteiger partial charge in [0.1, 0.15) is 5.69 Å². The molecule has 1 aliphatic rings. The normalized spacial score (nSPS) is 16.5. The van der Waals surface area contributed by atoms with Gasteiger partial charge in [-0.1, -0.05) is 23.7 Å². The predicted octanol–water partition coefficient (Wildman–Crippen LogP) is 4.24. The molecule has 0 aliphatic carbocycles. The number of aromatic nitrogens is 2. The summed E-state index contributed by atoms with van der Waals surface area (Å²) < 4.78 is 26.4. The molecule has 0 unspecified atom stereocenters. The van der Waals surface area contributed by atoms with Crippen LogP contribution in [0.4, 0.5) is 14.7 Å². The van der Waals surface area contributed by atoms with E-state index < -0.39 is 6.43 Å². The van der Waals surface area contributed by atoms with Crippen molar-refractivity contribution >= 4 is 17.5 Å². The minimum Gasteiger partial charge on any atom is -0.351 e. The maximum absolute atomic E-state index is 13.2. The van der Waals surface area contributed by atoms with Crippen molar-refractivity contribution in [2.75, 3.05) is 25.5 Å². The first-order chi connectivity index (χ1) is 11.5. The lowest BCUT2D eigenvalue weighted by Crippen LogP contribution is -2.37. The summed E-state index contributed by atoms with van der Waals surface area (Å²) in [5.74, 6) is 0.257. The number of alkyl halides is 2. The van der Waals surface area contributed by atoms with Crippen LogP contribution in [0.3, 0.4) is 0 Å². The molecule has 1 aromatic carbocycles. The van der Waals surface area contributed by atoms with Gasteiger partial charge in [-0.25, -0.2) is 18.7 Å². The van der Waals surface area contributed by atoms with Gasteiger partial charge in [-0.15, -0.1) is 0 Å². The molecule has 7 heteroatoms. The third kappa shape index (κ3) is 4.19. The van der Waals surface area contributed by atoms with Crippen molar-refractivity contribution in [3.8, 4) is 11.3 Å². The second-order valence-electron chi connectivity index (χ2n) is 6.03. The zero-order valence-electron chi connectivity index (χ0n) is 13.3. The van der Waals surface area contributed by atoms with Crippen LogP contribution in [0.2, 0.25) is 5.02 Å². The van der Waals surface area contributed by atoms with Gasteiger partial charge in [0.05, 0.1) is 5.69 Å². The van der Waals surface area contributed by atoms with E-state index >= 15 is 0 Å². The molecule has 2 aromatic rings. The summed E-state index contributed by atoms with van der Waals surface area (Å²) in [6, 6.07) is 8.48. The second-order valence-corrected chi connectivity index (χ2v) is 6.47. The van der Waals surface area contributed by atoms with Crippen molar-refractivity contribution < 1.29 is 8.78 Å². The Kier molecular flexibility index (Phi) is 5.26. The molecular formula is C17H19ClF2N4. The Morgan fingerprint density at radius 2 is 1.83 bits per heavy atom. The van der Waals surface area contributed by atoms with Crippen LogP contribution in [0, 0.1) is 0 Å². The van der Waals surface area contributed by atoms with E-state index in [0.717, 1.165) is 31.5 Å². The summed E-state index contributed by atoms with van der Waals surface area (Å²) >= 11 is 5.88. The predicted molar refractivity (Wildman–Crippen MR) is 91.6 cm³/mol. The monoisotopic (exact) mass is 352 g/mol. The van der Waals surface area contributed by atoms with E-state index in [1.807, 2.05) is 0 Å². The number of rotatable bonds is 4. The minimum absolute atomic E-state index is 0.201. The number of hydrogen-bond donors (Lipinski definition) is 1. The Hall–Kier alpha value is -1.79. The highest BCUT2D eigenvalue weighted by atomic mass is 35.5. The van der Waals surface area contributed by atoms with Crippen LogP contribution in [0.25, 0.3) is 11.3 Å². The first-order valence-corrected chi connectivity index (χ1v) is 8.27. The summed E-state index contributed by atoms with van der Waals surface area (Å²) in [7, 11) is 2.07. The zero-order valence-corrected chi connectivity index (χ0v) is 14.1. The molecule has 1 N–H and O–H groups in total. The van der Waals surface area contributed by atoms with Gasteiger partial charge in [-0.05, 0) is 51.2 Å². The molecule has 0 saturated carbocycles. The largest absolute Gasteiger partial charge is 0.351 e. The van der Waals surface area contributed by atoms with E-state index in [1.54, 1.807) is 24.3 Å². The molecule has 0 atom stereocenters. The summed E-state index contributed by atoms with van der Waals surface area (Å²) in [6.45, 7) is 1.94. The zero-order chi connectivity index (χ0) is 17.1. The quantitative estimate of drug-likeness (QED) is 0.893. The Morgan fingerprint density at radius 3 is 2.46 bits per heavy atom. The molecule has 2 heterocycles. The van der Waals surface area contributed by atoms with Gasteiger partial charge in [0.25, 0.3) is 6.43 Å². The van der Waals surface area contributed by atoms with Gasteiger partial charge in [0, 0.05) is 16.6 Å². The maximum Gasteiger partial charge on any atom is 0.280 e. The highest BCUT2D eigenvalue weighted by Crippen LogP contribution is 2.26. The first kappa shape index (κ1) is 17.0. The topological polar surface area (TPSA) is 41.0 Å². The summed E-state index contributed by atoms with van der Waals surface area (Å²) in [5.41, 5.74) is 0.924. The molecule has 128 valence electrons. The summed E-state index contributed by atoms with van der Waals surface area (Å²) in [5, 5.41) is 3.80. The van der Waals surface area contributed by atoms with Crippen LogP contribution in [0.15, 0.2) is 30.3 Å². The number of benzene rings is 1. The average molecular weight is 353 g/mol. The molecule has 0 amide bonds. The second kappa shape index (κ2) is 7.40. The molecule has 1 fully saturated rings. The lowest BCUT2D eigenvalue weighted by atomic mass is 10.1. The van der Waals surface area contributed by atoms with Crippen LogP contribution in [-0.4, -0.2) is 41.0 Å². The third-order valence-electron chi connectivity index (χ3n) is 4.16. The molecule has 4 nitrogen and oxygen atoms in total. The van der Waals surface area contributed by atoms with Crippen LogP contribution in [0.1, 0.15) is 25.0 Å². The fraction of sp³-hybridized carbons (Fsp3) is 0.412. The average Bonchev–Trinajstić information content (AvgIpc) is 2.57. The lowest BCUT2D eigenvalue weighted by Gasteiger charge is -2.29. The van der Waals surface area contributed by atoms with E-state index in [9.17, 15) is 8.78 Å². The van der Waals surface area contributed by atoms with Crippen LogP contribution < -0.4 is 5.32 Å². The summed E-state index contributed by atoms with van der Waals surface area (Å²) in [6.07, 6.45) is -0.763. The number of piperidine rings is 1. The van der Waals surface area contributed by atoms with Crippen molar-refractivity contribution in [1.29, 1.82) is 0 Å². The molecule has 0 bridgehead atoms. The van der Waals surface area contributed by atoms with E-state index in [1.165, 1.54) is 6.07 Å². The Bertz CT molecular complexity index is 685. The highest BCUT2D eigenvalue weighted by Gasteiger charge is 2.19. The number of nitrogens with one attached hydrogen (secondary N) is 1. The van der Waals surface area contributed by atoms with Gasteiger partial charge in [0.15, 0.2) is 0 Å². The van der Waals surface area contributed by atoms with Gasteiger partial charge in [-0.2, -0.15) is 0 Å². The Morgan fingerprint density at radius 1 is 1.17 bits per heavy atom. The molecular weight excluding hydrogens is 334 g/mol. The SMILES string of the molecule is CN1CCC(Nc2nc(-c3ccc(Cl)cc3)cc(C(F)F)n2)CC1. The fourth-order valence-corrected chi connectivity index (χ4v) is 2.87. The number of halogens is 3. The molecule has 3 rings (SSSR count). The Balaban J connectivity index is 1.87. The van der Waals surface area contributed by atoms with Crippen molar-refractivity contribution in [2.45, 2.75) is 25.3 Å². The van der Waals surface area contributed by atoms with Crippen LogP contribution >= 0.6 is 11.6 Å². The van der Waals surface area contributed by atoms with Gasteiger partial charge in [-0.3, -0.25) is 0 Å². The van der Waals surface area contributed by atoms with Crippen molar-refractivity contribution in [3.05, 3.63) is 41.0 Å². The van der Waals surface area contributed by atoms with Gasteiger partial charge in [0.2, 0.25) is 5.95 Å². The molecule has 1 aliphatic heterocycles. The number of anilines is 1. The van der Waals surface area contributed by atoms with Crippen molar-refractivity contribution in [3.63, 3.8) is 0 Å². The molecule has 0 spiro atoms. The van der Waals surface area contributed by atoms with Crippen molar-refractivity contribution in [2.24, 2.45) is 0 Å². The highest BCUT2D eigenvalue weighted by molar-refractivity contribution is 6.30. The van der Waals surface area contributed by atoms with E-state index in [-0.39, 0.29) is 17.7 Å². The standard InChI is InChI=1S/C17H19ClF2N4/c1-24-8-6-13(7-9-24)21-17-22-14(10-15(23-17)16(19)20)11-2-4-12(18)5-3-11/h2-5,10,13,16H,6-9H2,1H3,(H,21,22,23). The number of nitrogens with zero attached hydrogens (tertiary/aromatic N) is 3. The fourth-order valence-electron chi connectivity index (χ4n) is 2.75. The smallest absolute Gasteiger partial charge is 0.280 e. The maximum atomic E-state index is 13.2.